The number of aliphatic carboxylic acids is 1. The molecule has 1 aromatic carbocycles. The summed E-state index contributed by atoms with van der Waals surface area (Å²) >= 11 is 6.93. The lowest BCUT2D eigenvalue weighted by Gasteiger charge is -2.10. The first kappa shape index (κ1) is 16.8. The average Bonchev–Trinajstić information content (AvgIpc) is 2.82. The van der Waals surface area contributed by atoms with Gasteiger partial charge in [0.1, 0.15) is 0 Å². The zero-order valence-electron chi connectivity index (χ0n) is 11.2. The third-order valence-electron chi connectivity index (χ3n) is 2.66. The summed E-state index contributed by atoms with van der Waals surface area (Å²) in [5.74, 6) is -0.0997. The number of nitrogens with zero attached hydrogens (tertiary/aromatic N) is 3. The second-order valence-electron chi connectivity index (χ2n) is 4.26. The van der Waals surface area contributed by atoms with Gasteiger partial charge in [-0.3, -0.25) is 4.79 Å². The van der Waals surface area contributed by atoms with Crippen LogP contribution >= 0.6 is 50.3 Å². The number of hydrogen-bond donors (Lipinski definition) is 1. The number of carboxylic acid groups (broad SMARTS) is 1. The molecule has 0 aliphatic heterocycles. The van der Waals surface area contributed by atoms with Crippen molar-refractivity contribution in [3.8, 4) is 11.4 Å². The largest absolute Gasteiger partial charge is 0.481 e. The standard InChI is InChI=1S/C13H13BrIN3O2S/c1-2-5-18-12(9-6-8(14)3-4-10(9)15)16-17-13(18)21-7-11(19)20/h3-4,6H,2,5,7H2,1H3,(H,19,20). The zero-order chi connectivity index (χ0) is 15.4. The third kappa shape index (κ3) is 4.19. The molecule has 0 aliphatic rings. The maximum atomic E-state index is 10.7. The van der Waals surface area contributed by atoms with Crippen LogP contribution in [0.3, 0.4) is 0 Å². The SMILES string of the molecule is CCCn1c(SCC(=O)O)nnc1-c1cc(Br)ccc1I. The van der Waals surface area contributed by atoms with Crippen LogP contribution in [-0.2, 0) is 11.3 Å². The van der Waals surface area contributed by atoms with Crippen molar-refractivity contribution in [1.82, 2.24) is 14.8 Å². The molecule has 8 heteroatoms. The van der Waals surface area contributed by atoms with Gasteiger partial charge in [-0.25, -0.2) is 0 Å². The number of carboxylic acids is 1. The number of hydrogen-bond acceptors (Lipinski definition) is 4. The van der Waals surface area contributed by atoms with Gasteiger partial charge in [0.25, 0.3) is 0 Å². The topological polar surface area (TPSA) is 68.0 Å². The lowest BCUT2D eigenvalue weighted by molar-refractivity contribution is -0.133. The van der Waals surface area contributed by atoms with Crippen LogP contribution in [0.5, 0.6) is 0 Å². The van der Waals surface area contributed by atoms with Crippen molar-refractivity contribution in [1.29, 1.82) is 0 Å². The molecule has 5 nitrogen and oxygen atoms in total. The fraction of sp³-hybridized carbons (Fsp3) is 0.308. The second-order valence-corrected chi connectivity index (χ2v) is 7.28. The lowest BCUT2D eigenvalue weighted by atomic mass is 10.2. The molecule has 2 rings (SSSR count). The first-order chi connectivity index (χ1) is 10.0. The molecule has 0 saturated carbocycles. The van der Waals surface area contributed by atoms with Crippen molar-refractivity contribution >= 4 is 56.3 Å². The molecule has 0 atom stereocenters. The van der Waals surface area contributed by atoms with Crippen molar-refractivity contribution in [2.45, 2.75) is 25.0 Å². The van der Waals surface area contributed by atoms with Crippen LogP contribution in [0.25, 0.3) is 11.4 Å². The van der Waals surface area contributed by atoms with Gasteiger partial charge in [0, 0.05) is 20.2 Å². The number of aromatic nitrogens is 3. The van der Waals surface area contributed by atoms with E-state index in [9.17, 15) is 4.79 Å². The van der Waals surface area contributed by atoms with E-state index in [0.717, 1.165) is 32.4 Å². The van der Waals surface area contributed by atoms with Gasteiger partial charge in [0.15, 0.2) is 11.0 Å². The normalized spacial score (nSPS) is 10.8. The van der Waals surface area contributed by atoms with E-state index < -0.39 is 5.97 Å². The van der Waals surface area contributed by atoms with Crippen LogP contribution in [0.1, 0.15) is 13.3 Å². The van der Waals surface area contributed by atoms with Crippen LogP contribution in [-0.4, -0.2) is 31.6 Å². The molecule has 0 unspecified atom stereocenters. The molecule has 0 amide bonds. The third-order valence-corrected chi connectivity index (χ3v) is 5.04. The minimum atomic E-state index is -0.857. The lowest BCUT2D eigenvalue weighted by Crippen LogP contribution is -2.05. The van der Waals surface area contributed by atoms with E-state index in [0.29, 0.717) is 5.16 Å². The number of halogens is 2. The van der Waals surface area contributed by atoms with E-state index in [-0.39, 0.29) is 5.75 Å². The molecule has 112 valence electrons. The van der Waals surface area contributed by atoms with Crippen LogP contribution in [0.15, 0.2) is 27.8 Å². The number of benzene rings is 1. The molecule has 1 heterocycles. The van der Waals surface area contributed by atoms with E-state index in [2.05, 4.69) is 55.6 Å². The highest BCUT2D eigenvalue weighted by Gasteiger charge is 2.17. The number of rotatable bonds is 6. The maximum absolute atomic E-state index is 10.7. The van der Waals surface area contributed by atoms with Gasteiger partial charge in [0.05, 0.1) is 5.75 Å². The minimum Gasteiger partial charge on any atom is -0.481 e. The smallest absolute Gasteiger partial charge is 0.313 e. The first-order valence-corrected chi connectivity index (χ1v) is 9.12. The van der Waals surface area contributed by atoms with Gasteiger partial charge >= 0.3 is 5.97 Å². The van der Waals surface area contributed by atoms with Gasteiger partial charge in [-0.1, -0.05) is 34.6 Å². The summed E-state index contributed by atoms with van der Waals surface area (Å²) in [6.07, 6.45) is 0.927. The monoisotopic (exact) mass is 481 g/mol. The van der Waals surface area contributed by atoms with E-state index in [1.54, 1.807) is 0 Å². The molecule has 0 bridgehead atoms. The summed E-state index contributed by atoms with van der Waals surface area (Å²) in [6, 6.07) is 5.99. The average molecular weight is 482 g/mol. The highest BCUT2D eigenvalue weighted by Crippen LogP contribution is 2.30. The minimum absolute atomic E-state index is 0.0164. The van der Waals surface area contributed by atoms with Gasteiger partial charge in [0.2, 0.25) is 0 Å². The van der Waals surface area contributed by atoms with Crippen molar-refractivity contribution in [3.63, 3.8) is 0 Å². The molecule has 2 aromatic rings. The molecule has 1 N–H and O–H groups in total. The molecule has 1 aromatic heterocycles. The van der Waals surface area contributed by atoms with Crippen LogP contribution < -0.4 is 0 Å². The van der Waals surface area contributed by atoms with Crippen molar-refractivity contribution in [2.75, 3.05) is 5.75 Å². The fourth-order valence-electron chi connectivity index (χ4n) is 1.82. The molecular weight excluding hydrogens is 469 g/mol. The van der Waals surface area contributed by atoms with Crippen LogP contribution in [0, 0.1) is 3.57 Å². The highest BCUT2D eigenvalue weighted by molar-refractivity contribution is 14.1. The van der Waals surface area contributed by atoms with E-state index in [1.807, 2.05) is 22.8 Å². The Kier molecular flexibility index (Phi) is 6.06. The van der Waals surface area contributed by atoms with Crippen molar-refractivity contribution < 1.29 is 9.90 Å². The Bertz CT molecular complexity index is 663. The predicted molar refractivity (Wildman–Crippen MR) is 94.5 cm³/mol. The Morgan fingerprint density at radius 2 is 2.24 bits per heavy atom. The first-order valence-electron chi connectivity index (χ1n) is 6.26. The zero-order valence-corrected chi connectivity index (χ0v) is 15.8. The Morgan fingerprint density at radius 1 is 1.48 bits per heavy atom. The van der Waals surface area contributed by atoms with Crippen molar-refractivity contribution in [3.05, 3.63) is 26.2 Å². The summed E-state index contributed by atoms with van der Waals surface area (Å²) in [4.78, 5) is 10.7. The fourth-order valence-corrected chi connectivity index (χ4v) is 3.44. The summed E-state index contributed by atoms with van der Waals surface area (Å²) in [6.45, 7) is 2.83. The Hall–Kier alpha value is -0.610. The Labute approximate surface area is 148 Å². The number of thioether (sulfide) groups is 1. The van der Waals surface area contributed by atoms with Crippen LogP contribution in [0.2, 0.25) is 0 Å². The summed E-state index contributed by atoms with van der Waals surface area (Å²) < 4.78 is 4.04. The Balaban J connectivity index is 2.43. The summed E-state index contributed by atoms with van der Waals surface area (Å²) in [7, 11) is 0. The second kappa shape index (κ2) is 7.59. The molecule has 21 heavy (non-hydrogen) atoms. The van der Waals surface area contributed by atoms with Gasteiger partial charge in [-0.2, -0.15) is 0 Å². The molecule has 0 saturated heterocycles. The van der Waals surface area contributed by atoms with Crippen LogP contribution in [0.4, 0.5) is 0 Å². The van der Waals surface area contributed by atoms with E-state index in [1.165, 1.54) is 11.8 Å². The van der Waals surface area contributed by atoms with Gasteiger partial charge < -0.3 is 9.67 Å². The van der Waals surface area contributed by atoms with E-state index in [4.69, 9.17) is 5.11 Å². The quantitative estimate of drug-likeness (QED) is 0.500. The van der Waals surface area contributed by atoms with Gasteiger partial charge in [-0.05, 0) is 47.2 Å². The molecule has 0 aliphatic carbocycles. The van der Waals surface area contributed by atoms with E-state index >= 15 is 0 Å². The number of carbonyl (C=O) groups is 1. The maximum Gasteiger partial charge on any atom is 0.313 e. The molecule has 0 fully saturated rings. The van der Waals surface area contributed by atoms with Crippen molar-refractivity contribution in [2.24, 2.45) is 0 Å². The molecule has 0 spiro atoms. The Morgan fingerprint density at radius 3 is 2.90 bits per heavy atom. The summed E-state index contributed by atoms with van der Waals surface area (Å²) in [5, 5.41) is 17.9. The highest BCUT2D eigenvalue weighted by atomic mass is 127. The van der Waals surface area contributed by atoms with Gasteiger partial charge in [-0.15, -0.1) is 10.2 Å². The molecular formula is C13H13BrIN3O2S. The predicted octanol–water partition coefficient (Wildman–Crippen LogP) is 3.90. The molecule has 0 radical (unpaired) electrons. The summed E-state index contributed by atoms with van der Waals surface area (Å²) in [5.41, 5.74) is 0.994.